The SMILES string of the molecule is Nc1cccnc1S(=O)(=O)CCSc1ccccc1. The molecule has 0 aliphatic heterocycles. The van der Waals surface area contributed by atoms with E-state index in [1.165, 1.54) is 18.0 Å². The minimum Gasteiger partial charge on any atom is -0.396 e. The van der Waals surface area contributed by atoms with E-state index in [2.05, 4.69) is 4.98 Å². The first-order valence-electron chi connectivity index (χ1n) is 5.71. The minimum absolute atomic E-state index is 0.0216. The van der Waals surface area contributed by atoms with E-state index < -0.39 is 9.84 Å². The van der Waals surface area contributed by atoms with Gasteiger partial charge >= 0.3 is 0 Å². The number of nitrogens with zero attached hydrogens (tertiary/aromatic N) is 1. The highest BCUT2D eigenvalue weighted by Crippen LogP contribution is 2.20. The van der Waals surface area contributed by atoms with E-state index in [0.717, 1.165) is 4.90 Å². The van der Waals surface area contributed by atoms with Crippen LogP contribution in [0.4, 0.5) is 5.69 Å². The number of pyridine rings is 1. The zero-order valence-corrected chi connectivity index (χ0v) is 11.8. The van der Waals surface area contributed by atoms with Crippen LogP contribution in [0, 0.1) is 0 Å². The molecule has 100 valence electrons. The van der Waals surface area contributed by atoms with Gasteiger partial charge in [-0.15, -0.1) is 11.8 Å². The predicted molar refractivity (Wildman–Crippen MR) is 77.9 cm³/mol. The number of thioether (sulfide) groups is 1. The van der Waals surface area contributed by atoms with Crippen molar-refractivity contribution in [2.75, 3.05) is 17.2 Å². The van der Waals surface area contributed by atoms with E-state index in [1.54, 1.807) is 12.1 Å². The van der Waals surface area contributed by atoms with Gasteiger partial charge in [0, 0.05) is 16.8 Å². The summed E-state index contributed by atoms with van der Waals surface area (Å²) in [6, 6.07) is 12.8. The maximum absolute atomic E-state index is 12.1. The summed E-state index contributed by atoms with van der Waals surface area (Å²) in [4.78, 5) is 4.90. The third kappa shape index (κ3) is 3.71. The molecular weight excluding hydrogens is 280 g/mol. The Kier molecular flexibility index (Phi) is 4.44. The fraction of sp³-hybridized carbons (Fsp3) is 0.154. The van der Waals surface area contributed by atoms with Crippen molar-refractivity contribution in [3.63, 3.8) is 0 Å². The summed E-state index contributed by atoms with van der Waals surface area (Å²) >= 11 is 1.50. The molecule has 0 radical (unpaired) electrons. The van der Waals surface area contributed by atoms with E-state index >= 15 is 0 Å². The maximum Gasteiger partial charge on any atom is 0.198 e. The number of hydrogen-bond donors (Lipinski definition) is 1. The summed E-state index contributed by atoms with van der Waals surface area (Å²) in [6.45, 7) is 0. The first-order valence-corrected chi connectivity index (χ1v) is 8.34. The predicted octanol–water partition coefficient (Wildman–Crippen LogP) is 2.23. The molecule has 6 heteroatoms. The smallest absolute Gasteiger partial charge is 0.198 e. The second-order valence-corrected chi connectivity index (χ2v) is 7.07. The molecule has 0 aliphatic carbocycles. The molecule has 0 bridgehead atoms. The molecule has 0 aliphatic rings. The lowest BCUT2D eigenvalue weighted by atomic mass is 10.4. The van der Waals surface area contributed by atoms with E-state index in [0.29, 0.717) is 5.75 Å². The van der Waals surface area contributed by atoms with Gasteiger partial charge in [-0.2, -0.15) is 0 Å². The zero-order valence-electron chi connectivity index (χ0n) is 10.2. The Morgan fingerprint density at radius 1 is 1.11 bits per heavy atom. The van der Waals surface area contributed by atoms with E-state index in [9.17, 15) is 8.42 Å². The van der Waals surface area contributed by atoms with Crippen LogP contribution in [0.2, 0.25) is 0 Å². The van der Waals surface area contributed by atoms with Gasteiger partial charge in [0.05, 0.1) is 11.4 Å². The quantitative estimate of drug-likeness (QED) is 0.856. The third-order valence-corrected chi connectivity index (χ3v) is 5.40. The van der Waals surface area contributed by atoms with Crippen LogP contribution in [0.1, 0.15) is 0 Å². The number of hydrogen-bond acceptors (Lipinski definition) is 5. The molecule has 1 heterocycles. The summed E-state index contributed by atoms with van der Waals surface area (Å²) in [5.41, 5.74) is 5.84. The van der Waals surface area contributed by atoms with Gasteiger partial charge in [-0.05, 0) is 24.3 Å². The fourth-order valence-corrected chi connectivity index (χ4v) is 4.18. The standard InChI is InChI=1S/C13H14N2O2S2/c14-12-7-4-8-15-13(12)19(16,17)10-9-18-11-5-2-1-3-6-11/h1-8H,9-10,14H2. The Morgan fingerprint density at radius 2 is 1.84 bits per heavy atom. The second kappa shape index (κ2) is 6.08. The van der Waals surface area contributed by atoms with Crippen LogP contribution in [0.5, 0.6) is 0 Å². The van der Waals surface area contributed by atoms with Crippen molar-refractivity contribution >= 4 is 27.3 Å². The monoisotopic (exact) mass is 294 g/mol. The molecular formula is C13H14N2O2S2. The van der Waals surface area contributed by atoms with Gasteiger partial charge < -0.3 is 5.73 Å². The Hall–Kier alpha value is -1.53. The molecule has 0 saturated heterocycles. The maximum atomic E-state index is 12.1. The normalized spacial score (nSPS) is 11.4. The average Bonchev–Trinajstić information content (AvgIpc) is 2.40. The van der Waals surface area contributed by atoms with Crippen LogP contribution >= 0.6 is 11.8 Å². The minimum atomic E-state index is -3.42. The number of anilines is 1. The molecule has 19 heavy (non-hydrogen) atoms. The first kappa shape index (κ1) is 13.9. The Morgan fingerprint density at radius 3 is 2.53 bits per heavy atom. The lowest BCUT2D eigenvalue weighted by molar-refractivity contribution is 0.594. The van der Waals surface area contributed by atoms with Crippen molar-refractivity contribution in [2.24, 2.45) is 0 Å². The molecule has 2 rings (SSSR count). The number of benzene rings is 1. The van der Waals surface area contributed by atoms with Crippen LogP contribution in [0.3, 0.4) is 0 Å². The van der Waals surface area contributed by atoms with Crippen LogP contribution in [-0.4, -0.2) is 24.9 Å². The van der Waals surface area contributed by atoms with Crippen molar-refractivity contribution in [2.45, 2.75) is 9.92 Å². The molecule has 0 amide bonds. The van der Waals surface area contributed by atoms with Crippen LogP contribution in [-0.2, 0) is 9.84 Å². The van der Waals surface area contributed by atoms with Crippen molar-refractivity contribution in [1.82, 2.24) is 4.98 Å². The first-order chi connectivity index (χ1) is 9.09. The molecule has 0 atom stereocenters. The fourth-order valence-electron chi connectivity index (χ4n) is 1.55. The molecule has 4 nitrogen and oxygen atoms in total. The molecule has 0 spiro atoms. The van der Waals surface area contributed by atoms with Crippen molar-refractivity contribution < 1.29 is 8.42 Å². The highest BCUT2D eigenvalue weighted by atomic mass is 32.2. The van der Waals surface area contributed by atoms with Crippen LogP contribution < -0.4 is 5.73 Å². The molecule has 1 aromatic heterocycles. The number of aromatic nitrogens is 1. The molecule has 0 fully saturated rings. The van der Waals surface area contributed by atoms with Crippen molar-refractivity contribution in [3.05, 3.63) is 48.7 Å². The summed E-state index contributed by atoms with van der Waals surface area (Å²) in [5, 5.41) is -0.0244. The molecule has 2 N–H and O–H groups in total. The average molecular weight is 294 g/mol. The Labute approximate surface area is 117 Å². The molecule has 0 saturated carbocycles. The highest BCUT2D eigenvalue weighted by Gasteiger charge is 2.18. The number of nitrogen functional groups attached to an aromatic ring is 1. The topological polar surface area (TPSA) is 73.0 Å². The number of nitrogens with two attached hydrogens (primary N) is 1. The lowest BCUT2D eigenvalue weighted by Gasteiger charge is -2.06. The van der Waals surface area contributed by atoms with Gasteiger partial charge in [0.25, 0.3) is 0 Å². The Bertz CT molecular complexity index is 643. The van der Waals surface area contributed by atoms with E-state index in [4.69, 9.17) is 5.73 Å². The molecule has 1 aromatic carbocycles. The van der Waals surface area contributed by atoms with Gasteiger partial charge in [0.2, 0.25) is 0 Å². The number of sulfone groups is 1. The summed E-state index contributed by atoms with van der Waals surface area (Å²) < 4.78 is 24.2. The van der Waals surface area contributed by atoms with Gasteiger partial charge in [-0.1, -0.05) is 18.2 Å². The summed E-state index contributed by atoms with van der Waals surface area (Å²) in [6.07, 6.45) is 1.44. The third-order valence-electron chi connectivity index (χ3n) is 2.46. The molecule has 0 unspecified atom stereocenters. The zero-order chi connectivity index (χ0) is 13.7. The van der Waals surface area contributed by atoms with Gasteiger partial charge in [-0.25, -0.2) is 13.4 Å². The Balaban J connectivity index is 2.01. The van der Waals surface area contributed by atoms with E-state index in [1.807, 2.05) is 30.3 Å². The van der Waals surface area contributed by atoms with Crippen LogP contribution in [0.15, 0.2) is 58.6 Å². The van der Waals surface area contributed by atoms with E-state index in [-0.39, 0.29) is 16.5 Å². The van der Waals surface area contributed by atoms with Crippen molar-refractivity contribution in [1.29, 1.82) is 0 Å². The summed E-state index contributed by atoms with van der Waals surface area (Å²) in [7, 11) is -3.42. The van der Waals surface area contributed by atoms with Gasteiger partial charge in [0.1, 0.15) is 0 Å². The molecule has 2 aromatic rings. The van der Waals surface area contributed by atoms with Crippen LogP contribution in [0.25, 0.3) is 0 Å². The van der Waals surface area contributed by atoms with Gasteiger partial charge in [0.15, 0.2) is 14.9 Å². The second-order valence-electron chi connectivity index (χ2n) is 3.88. The summed E-state index contributed by atoms with van der Waals surface area (Å²) in [5.74, 6) is 0.496. The largest absolute Gasteiger partial charge is 0.396 e. The lowest BCUT2D eigenvalue weighted by Crippen LogP contribution is -2.12. The highest BCUT2D eigenvalue weighted by molar-refractivity contribution is 8.00. The van der Waals surface area contributed by atoms with Crippen molar-refractivity contribution in [3.8, 4) is 0 Å². The van der Waals surface area contributed by atoms with Gasteiger partial charge in [-0.3, -0.25) is 0 Å². The number of rotatable bonds is 5.